The van der Waals surface area contributed by atoms with Crippen molar-refractivity contribution < 1.29 is 4.39 Å². The van der Waals surface area contributed by atoms with E-state index in [1.165, 1.54) is 12.1 Å². The Morgan fingerprint density at radius 2 is 1.88 bits per heavy atom. The summed E-state index contributed by atoms with van der Waals surface area (Å²) in [7, 11) is 2.06. The van der Waals surface area contributed by atoms with Crippen LogP contribution >= 0.6 is 0 Å². The molecule has 0 fully saturated rings. The number of nitrogens with zero attached hydrogens (tertiary/aromatic N) is 1. The molecule has 0 aliphatic heterocycles. The zero-order valence-electron chi connectivity index (χ0n) is 11.0. The minimum Gasteiger partial charge on any atom is -0.370 e. The van der Waals surface area contributed by atoms with E-state index in [1.807, 2.05) is 12.1 Å². The third kappa shape index (κ3) is 4.35. The second-order valence-electron chi connectivity index (χ2n) is 4.35. The molecule has 1 unspecified atom stereocenters. The normalized spacial score (nSPS) is 12.5. The topological polar surface area (TPSA) is 15.3 Å². The predicted molar refractivity (Wildman–Crippen MR) is 72.0 cm³/mol. The molecule has 1 aromatic rings. The quantitative estimate of drug-likeness (QED) is 0.734. The summed E-state index contributed by atoms with van der Waals surface area (Å²) < 4.78 is 12.9. The summed E-state index contributed by atoms with van der Waals surface area (Å²) in [5.74, 6) is -0.181. The first-order valence-electron chi connectivity index (χ1n) is 6.38. The van der Waals surface area contributed by atoms with Gasteiger partial charge in [0.2, 0.25) is 0 Å². The molecule has 0 aromatic heterocycles. The summed E-state index contributed by atoms with van der Waals surface area (Å²) >= 11 is 0. The van der Waals surface area contributed by atoms with E-state index in [0.29, 0.717) is 6.04 Å². The lowest BCUT2D eigenvalue weighted by Gasteiger charge is -2.29. The Balaban J connectivity index is 2.58. The van der Waals surface area contributed by atoms with Gasteiger partial charge in [0.15, 0.2) is 0 Å². The van der Waals surface area contributed by atoms with Gasteiger partial charge in [-0.1, -0.05) is 13.8 Å². The zero-order chi connectivity index (χ0) is 12.7. The molecule has 0 saturated carbocycles. The van der Waals surface area contributed by atoms with Crippen LogP contribution in [0.5, 0.6) is 0 Å². The third-order valence-electron chi connectivity index (χ3n) is 3.06. The molecular weight excluding hydrogens is 215 g/mol. The summed E-state index contributed by atoms with van der Waals surface area (Å²) in [6.45, 7) is 6.36. The summed E-state index contributed by atoms with van der Waals surface area (Å²) in [5, 5.41) is 3.43. The molecule has 1 N–H and O–H groups in total. The molecule has 0 radical (unpaired) electrons. The molecule has 1 aromatic carbocycles. The Labute approximate surface area is 104 Å². The van der Waals surface area contributed by atoms with Crippen LogP contribution < -0.4 is 10.2 Å². The highest BCUT2D eigenvalue weighted by Crippen LogP contribution is 2.16. The summed E-state index contributed by atoms with van der Waals surface area (Å²) in [5.41, 5.74) is 1.07. The van der Waals surface area contributed by atoms with Crippen molar-refractivity contribution in [3.05, 3.63) is 30.1 Å². The van der Waals surface area contributed by atoms with Crippen LogP contribution in [-0.2, 0) is 0 Å². The van der Waals surface area contributed by atoms with Crippen LogP contribution in [0.15, 0.2) is 24.3 Å². The van der Waals surface area contributed by atoms with Crippen LogP contribution in [0.25, 0.3) is 0 Å². The van der Waals surface area contributed by atoms with Crippen molar-refractivity contribution in [3.63, 3.8) is 0 Å². The Morgan fingerprint density at radius 3 is 2.41 bits per heavy atom. The molecule has 1 rings (SSSR count). The first-order valence-corrected chi connectivity index (χ1v) is 6.38. The van der Waals surface area contributed by atoms with Gasteiger partial charge in [-0.2, -0.15) is 0 Å². The van der Waals surface area contributed by atoms with E-state index in [9.17, 15) is 4.39 Å². The van der Waals surface area contributed by atoms with Crippen molar-refractivity contribution in [2.45, 2.75) is 32.7 Å². The van der Waals surface area contributed by atoms with Crippen LogP contribution in [0.4, 0.5) is 10.1 Å². The number of halogens is 1. The highest BCUT2D eigenvalue weighted by molar-refractivity contribution is 5.46. The highest BCUT2D eigenvalue weighted by Gasteiger charge is 2.12. The summed E-state index contributed by atoms with van der Waals surface area (Å²) in [4.78, 5) is 2.21. The summed E-state index contributed by atoms with van der Waals surface area (Å²) in [6.07, 6.45) is 2.22. The first kappa shape index (κ1) is 14.0. The lowest BCUT2D eigenvalue weighted by Crippen LogP contribution is -2.40. The van der Waals surface area contributed by atoms with Gasteiger partial charge < -0.3 is 10.2 Å². The number of hydrogen-bond acceptors (Lipinski definition) is 2. The second-order valence-corrected chi connectivity index (χ2v) is 4.35. The van der Waals surface area contributed by atoms with Crippen LogP contribution in [0.3, 0.4) is 0 Å². The number of anilines is 1. The predicted octanol–water partition coefficient (Wildman–Crippen LogP) is 3.04. The maximum atomic E-state index is 12.9. The lowest BCUT2D eigenvalue weighted by molar-refractivity contribution is 0.539. The van der Waals surface area contributed by atoms with E-state index in [0.717, 1.165) is 31.6 Å². The second kappa shape index (κ2) is 7.28. The maximum Gasteiger partial charge on any atom is 0.123 e. The molecular formula is C14H23FN2. The van der Waals surface area contributed by atoms with Gasteiger partial charge in [-0.3, -0.25) is 0 Å². The SMILES string of the molecule is CCCNCC(CC)N(C)c1ccc(F)cc1. The number of benzene rings is 1. The minimum atomic E-state index is -0.181. The van der Waals surface area contributed by atoms with Crippen molar-refractivity contribution in [2.24, 2.45) is 0 Å². The van der Waals surface area contributed by atoms with Gasteiger partial charge in [-0.05, 0) is 43.7 Å². The molecule has 96 valence electrons. The van der Waals surface area contributed by atoms with Gasteiger partial charge >= 0.3 is 0 Å². The zero-order valence-corrected chi connectivity index (χ0v) is 11.0. The van der Waals surface area contributed by atoms with Crippen molar-refractivity contribution in [1.29, 1.82) is 0 Å². The van der Waals surface area contributed by atoms with E-state index in [4.69, 9.17) is 0 Å². The molecule has 3 heteroatoms. The van der Waals surface area contributed by atoms with Crippen molar-refractivity contribution in [1.82, 2.24) is 5.32 Å². The van der Waals surface area contributed by atoms with Crippen molar-refractivity contribution >= 4 is 5.69 Å². The molecule has 0 aliphatic carbocycles. The maximum absolute atomic E-state index is 12.9. The Morgan fingerprint density at radius 1 is 1.24 bits per heavy atom. The van der Waals surface area contributed by atoms with Gasteiger partial charge in [0.1, 0.15) is 5.82 Å². The third-order valence-corrected chi connectivity index (χ3v) is 3.06. The van der Waals surface area contributed by atoms with E-state index >= 15 is 0 Å². The average Bonchev–Trinajstić information content (AvgIpc) is 2.35. The average molecular weight is 238 g/mol. The molecule has 0 heterocycles. The van der Waals surface area contributed by atoms with E-state index in [1.54, 1.807) is 0 Å². The molecule has 0 amide bonds. The molecule has 1 atom stereocenters. The van der Waals surface area contributed by atoms with Gasteiger partial charge in [0.05, 0.1) is 0 Å². The van der Waals surface area contributed by atoms with Crippen LogP contribution in [0.1, 0.15) is 26.7 Å². The highest BCUT2D eigenvalue weighted by atomic mass is 19.1. The smallest absolute Gasteiger partial charge is 0.123 e. The van der Waals surface area contributed by atoms with Crippen LogP contribution in [0.2, 0.25) is 0 Å². The Hall–Kier alpha value is -1.09. The van der Waals surface area contributed by atoms with E-state index in [2.05, 4.69) is 31.1 Å². The van der Waals surface area contributed by atoms with Gasteiger partial charge in [0, 0.05) is 25.3 Å². The number of hydrogen-bond donors (Lipinski definition) is 1. The number of rotatable bonds is 7. The molecule has 0 bridgehead atoms. The molecule has 17 heavy (non-hydrogen) atoms. The fourth-order valence-electron chi connectivity index (χ4n) is 1.89. The Kier molecular flexibility index (Phi) is 5.98. The fourth-order valence-corrected chi connectivity index (χ4v) is 1.89. The van der Waals surface area contributed by atoms with E-state index < -0.39 is 0 Å². The minimum absolute atomic E-state index is 0.181. The lowest BCUT2D eigenvalue weighted by atomic mass is 10.1. The first-order chi connectivity index (χ1) is 8.19. The molecule has 0 saturated heterocycles. The van der Waals surface area contributed by atoms with Crippen LogP contribution in [-0.4, -0.2) is 26.2 Å². The molecule has 0 aliphatic rings. The number of nitrogens with one attached hydrogen (secondary N) is 1. The van der Waals surface area contributed by atoms with Gasteiger partial charge in [0.25, 0.3) is 0 Å². The standard InChI is InChI=1S/C14H23FN2/c1-4-10-16-11-13(5-2)17(3)14-8-6-12(15)7-9-14/h6-9,13,16H,4-5,10-11H2,1-3H3. The fraction of sp³-hybridized carbons (Fsp3) is 0.571. The molecule has 2 nitrogen and oxygen atoms in total. The molecule has 0 spiro atoms. The van der Waals surface area contributed by atoms with Gasteiger partial charge in [-0.15, -0.1) is 0 Å². The van der Waals surface area contributed by atoms with E-state index in [-0.39, 0.29) is 5.82 Å². The van der Waals surface area contributed by atoms with Crippen molar-refractivity contribution in [2.75, 3.05) is 25.0 Å². The van der Waals surface area contributed by atoms with Gasteiger partial charge in [-0.25, -0.2) is 4.39 Å². The monoisotopic (exact) mass is 238 g/mol. The van der Waals surface area contributed by atoms with Crippen molar-refractivity contribution in [3.8, 4) is 0 Å². The summed E-state index contributed by atoms with van der Waals surface area (Å²) in [6, 6.07) is 7.14. The largest absolute Gasteiger partial charge is 0.370 e. The number of likely N-dealkylation sites (N-methyl/N-ethyl adjacent to an activating group) is 1. The van der Waals surface area contributed by atoms with Crippen LogP contribution in [0, 0.1) is 5.82 Å². The Bertz CT molecular complexity index is 311.